The molecule has 0 saturated carbocycles. The highest BCUT2D eigenvalue weighted by Crippen LogP contribution is 1.87. The summed E-state index contributed by atoms with van der Waals surface area (Å²) in [4.78, 5) is 21.3. The summed E-state index contributed by atoms with van der Waals surface area (Å²) in [6, 6.07) is 0. The fourth-order valence-electron chi connectivity index (χ4n) is 0.565. The molecule has 14 heavy (non-hydrogen) atoms. The average molecular weight is 245 g/mol. The van der Waals surface area contributed by atoms with Gasteiger partial charge in [-0.2, -0.15) is 0 Å². The first-order chi connectivity index (χ1) is 6.51. The van der Waals surface area contributed by atoms with E-state index in [4.69, 9.17) is 33.4 Å². The Morgan fingerprint density at radius 2 is 1.29 bits per heavy atom. The molecule has 0 fully saturated rings. The first-order valence-corrected chi connectivity index (χ1v) is 4.65. The lowest BCUT2D eigenvalue weighted by atomic mass is 10.4. The lowest BCUT2D eigenvalue weighted by molar-refractivity contribution is -0.131. The summed E-state index contributed by atoms with van der Waals surface area (Å²) in [5.41, 5.74) is 0. The number of rotatable bonds is 5. The molecule has 8 heteroatoms. The van der Waals surface area contributed by atoms with Gasteiger partial charge < -0.3 is 20.8 Å². The Hall–Kier alpha value is -0.560. The van der Waals surface area contributed by atoms with Crippen LogP contribution in [0.15, 0.2) is 0 Å². The fourth-order valence-corrected chi connectivity index (χ4v) is 0.719. The minimum Gasteiger partial charge on any atom is -0.369 e. The highest BCUT2D eigenvalue weighted by atomic mass is 35.5. The molecule has 0 radical (unpaired) electrons. The summed E-state index contributed by atoms with van der Waals surface area (Å²) in [6.07, 6.45) is -3.23. The van der Waals surface area contributed by atoms with Crippen molar-refractivity contribution in [3.63, 3.8) is 0 Å². The van der Waals surface area contributed by atoms with Gasteiger partial charge in [-0.15, -0.1) is 23.2 Å². The smallest absolute Gasteiger partial charge is 0.237 e. The number of amides is 2. The van der Waals surface area contributed by atoms with Crippen LogP contribution < -0.4 is 10.6 Å². The SMILES string of the molecule is O=C(CCl)NC(O)C(O)NC(=O)CCl. The van der Waals surface area contributed by atoms with E-state index in [2.05, 4.69) is 0 Å². The zero-order chi connectivity index (χ0) is 11.1. The second kappa shape index (κ2) is 6.83. The molecule has 0 rings (SSSR count). The number of aliphatic hydroxyl groups excluding tert-OH is 2. The van der Waals surface area contributed by atoms with E-state index in [-0.39, 0.29) is 11.8 Å². The predicted molar refractivity (Wildman–Crippen MR) is 49.7 cm³/mol. The number of nitrogens with one attached hydrogen (secondary N) is 2. The van der Waals surface area contributed by atoms with Crippen molar-refractivity contribution in [2.24, 2.45) is 0 Å². The quantitative estimate of drug-likeness (QED) is 0.344. The van der Waals surface area contributed by atoms with E-state index in [1.807, 2.05) is 10.6 Å². The van der Waals surface area contributed by atoms with Gasteiger partial charge in [-0.25, -0.2) is 0 Å². The van der Waals surface area contributed by atoms with Gasteiger partial charge in [0.15, 0.2) is 12.5 Å². The summed E-state index contributed by atoms with van der Waals surface area (Å²) < 4.78 is 0. The zero-order valence-electron chi connectivity index (χ0n) is 7.04. The number of halogens is 2. The van der Waals surface area contributed by atoms with E-state index >= 15 is 0 Å². The minimum absolute atomic E-state index is 0.354. The first-order valence-electron chi connectivity index (χ1n) is 3.58. The predicted octanol–water partition coefficient (Wildman–Crippen LogP) is -1.67. The van der Waals surface area contributed by atoms with E-state index in [1.54, 1.807) is 0 Å². The van der Waals surface area contributed by atoms with Crippen LogP contribution in [0, 0.1) is 0 Å². The molecular weight excluding hydrogens is 235 g/mol. The Labute approximate surface area is 90.2 Å². The molecule has 0 aromatic rings. The monoisotopic (exact) mass is 244 g/mol. The van der Waals surface area contributed by atoms with Crippen LogP contribution in [0.5, 0.6) is 0 Å². The molecule has 0 aromatic heterocycles. The number of hydrogen-bond donors (Lipinski definition) is 4. The van der Waals surface area contributed by atoms with Crippen LogP contribution in [0.25, 0.3) is 0 Å². The highest BCUT2D eigenvalue weighted by Gasteiger charge is 2.19. The van der Waals surface area contributed by atoms with Crippen molar-refractivity contribution in [1.29, 1.82) is 0 Å². The normalized spacial score (nSPS) is 14.3. The van der Waals surface area contributed by atoms with Crippen LogP contribution in [-0.2, 0) is 9.59 Å². The van der Waals surface area contributed by atoms with Gasteiger partial charge in [0.1, 0.15) is 11.8 Å². The summed E-state index contributed by atoms with van der Waals surface area (Å²) in [5.74, 6) is -2.04. The molecule has 0 saturated heterocycles. The van der Waals surface area contributed by atoms with Crippen molar-refractivity contribution in [2.75, 3.05) is 11.8 Å². The van der Waals surface area contributed by atoms with Gasteiger partial charge in [-0.05, 0) is 0 Å². The molecule has 0 bridgehead atoms. The third-order valence-electron chi connectivity index (χ3n) is 1.16. The number of carbonyl (C=O) groups is 2. The van der Waals surface area contributed by atoms with Crippen molar-refractivity contribution >= 4 is 35.0 Å². The summed E-state index contributed by atoms with van der Waals surface area (Å²) >= 11 is 10.2. The van der Waals surface area contributed by atoms with Crippen LogP contribution in [0.3, 0.4) is 0 Å². The van der Waals surface area contributed by atoms with E-state index in [0.29, 0.717) is 0 Å². The summed E-state index contributed by atoms with van der Waals surface area (Å²) in [5, 5.41) is 22.0. The van der Waals surface area contributed by atoms with Crippen LogP contribution in [0.4, 0.5) is 0 Å². The van der Waals surface area contributed by atoms with Crippen LogP contribution in [0.1, 0.15) is 0 Å². The molecule has 2 unspecified atom stereocenters. The molecule has 6 nitrogen and oxygen atoms in total. The lowest BCUT2D eigenvalue weighted by Gasteiger charge is -2.19. The standard InChI is InChI=1S/C6H10Cl2N2O4/c7-1-3(11)9-5(13)6(14)10-4(12)2-8/h5-6,13-14H,1-2H2,(H,9,11)(H,10,12). The number of aliphatic hydroxyl groups is 2. The molecule has 0 aliphatic carbocycles. The third-order valence-corrected chi connectivity index (χ3v) is 1.65. The molecule has 2 atom stereocenters. The Morgan fingerprint density at radius 3 is 1.50 bits per heavy atom. The molecule has 0 aliphatic rings. The molecular formula is C6H10Cl2N2O4. The second-order valence-corrected chi connectivity index (χ2v) is 2.83. The van der Waals surface area contributed by atoms with E-state index in [1.165, 1.54) is 0 Å². The molecule has 4 N–H and O–H groups in total. The number of alkyl halides is 2. The molecule has 0 spiro atoms. The van der Waals surface area contributed by atoms with Crippen LogP contribution in [0.2, 0.25) is 0 Å². The molecule has 82 valence electrons. The van der Waals surface area contributed by atoms with Gasteiger partial charge in [0.2, 0.25) is 11.8 Å². The molecule has 2 amide bonds. The third kappa shape index (κ3) is 5.23. The Balaban J connectivity index is 3.92. The van der Waals surface area contributed by atoms with E-state index < -0.39 is 24.3 Å². The van der Waals surface area contributed by atoms with E-state index in [0.717, 1.165) is 0 Å². The maximum Gasteiger partial charge on any atom is 0.237 e. The molecule has 0 aromatic carbocycles. The number of hydrogen-bond acceptors (Lipinski definition) is 4. The second-order valence-electron chi connectivity index (χ2n) is 2.29. The van der Waals surface area contributed by atoms with Crippen molar-refractivity contribution in [1.82, 2.24) is 10.6 Å². The van der Waals surface area contributed by atoms with Crippen LogP contribution in [-0.4, -0.2) is 46.2 Å². The van der Waals surface area contributed by atoms with Crippen molar-refractivity contribution in [3.8, 4) is 0 Å². The van der Waals surface area contributed by atoms with Gasteiger partial charge in [-0.3, -0.25) is 9.59 Å². The number of carbonyl (C=O) groups excluding carboxylic acids is 2. The van der Waals surface area contributed by atoms with Gasteiger partial charge in [0, 0.05) is 0 Å². The van der Waals surface area contributed by atoms with Gasteiger partial charge in [0.25, 0.3) is 0 Å². The Kier molecular flexibility index (Phi) is 6.56. The van der Waals surface area contributed by atoms with Gasteiger partial charge >= 0.3 is 0 Å². The maximum absolute atomic E-state index is 10.6. The topological polar surface area (TPSA) is 98.7 Å². The maximum atomic E-state index is 10.6. The minimum atomic E-state index is -1.62. The average Bonchev–Trinajstić information content (AvgIpc) is 2.17. The molecule has 0 heterocycles. The van der Waals surface area contributed by atoms with Crippen molar-refractivity contribution in [2.45, 2.75) is 12.5 Å². The highest BCUT2D eigenvalue weighted by molar-refractivity contribution is 6.27. The summed E-state index contributed by atoms with van der Waals surface area (Å²) in [6.45, 7) is 0. The zero-order valence-corrected chi connectivity index (χ0v) is 8.55. The van der Waals surface area contributed by atoms with Gasteiger partial charge in [0.05, 0.1) is 0 Å². The first kappa shape index (κ1) is 13.4. The largest absolute Gasteiger partial charge is 0.369 e. The van der Waals surface area contributed by atoms with Crippen molar-refractivity contribution < 1.29 is 19.8 Å². The molecule has 0 aliphatic heterocycles. The van der Waals surface area contributed by atoms with Crippen molar-refractivity contribution in [3.05, 3.63) is 0 Å². The fraction of sp³-hybridized carbons (Fsp3) is 0.667. The Bertz CT molecular complexity index is 192. The summed E-state index contributed by atoms with van der Waals surface area (Å²) in [7, 11) is 0. The van der Waals surface area contributed by atoms with Gasteiger partial charge in [-0.1, -0.05) is 0 Å². The Morgan fingerprint density at radius 1 is 1.00 bits per heavy atom. The van der Waals surface area contributed by atoms with Crippen LogP contribution >= 0.6 is 23.2 Å². The lowest BCUT2D eigenvalue weighted by Crippen LogP contribution is -2.52. The van der Waals surface area contributed by atoms with E-state index in [9.17, 15) is 9.59 Å².